The van der Waals surface area contributed by atoms with Crippen LogP contribution in [0.5, 0.6) is 0 Å². The molecule has 0 aliphatic heterocycles. The van der Waals surface area contributed by atoms with E-state index in [1.165, 1.54) is 5.56 Å². The Morgan fingerprint density at radius 2 is 1.73 bits per heavy atom. The average molecular weight is 410 g/mol. The lowest BCUT2D eigenvalue weighted by atomic mass is 10.1. The van der Waals surface area contributed by atoms with Crippen molar-refractivity contribution in [2.24, 2.45) is 0 Å². The smallest absolute Gasteiger partial charge is 0.196 e. The van der Waals surface area contributed by atoms with E-state index in [2.05, 4.69) is 68.1 Å². The zero-order chi connectivity index (χ0) is 20.3. The molecule has 0 aliphatic rings. The van der Waals surface area contributed by atoms with Crippen LogP contribution in [0.15, 0.2) is 90.5 Å². The molecule has 6 heteroatoms. The first-order chi connectivity index (χ1) is 14.8. The number of para-hydroxylation sites is 2. The topological polar surface area (TPSA) is 56.5 Å². The maximum absolute atomic E-state index is 4.58. The van der Waals surface area contributed by atoms with Gasteiger partial charge in [0.1, 0.15) is 0 Å². The highest BCUT2D eigenvalue weighted by molar-refractivity contribution is 7.98. The molecule has 0 aliphatic carbocycles. The molecular formula is C24H19N5S. The minimum Gasteiger partial charge on any atom is -0.270 e. The molecular weight excluding hydrogens is 390 g/mol. The van der Waals surface area contributed by atoms with E-state index in [0.29, 0.717) is 0 Å². The fourth-order valence-corrected chi connectivity index (χ4v) is 4.43. The molecule has 3 heterocycles. The zero-order valence-corrected chi connectivity index (χ0v) is 17.3. The number of hydrogen-bond acceptors (Lipinski definition) is 5. The molecule has 0 fully saturated rings. The summed E-state index contributed by atoms with van der Waals surface area (Å²) in [7, 11) is 0. The van der Waals surface area contributed by atoms with Crippen molar-refractivity contribution in [1.29, 1.82) is 0 Å². The highest BCUT2D eigenvalue weighted by atomic mass is 32.2. The normalized spacial score (nSPS) is 11.1. The molecule has 0 bridgehead atoms. The van der Waals surface area contributed by atoms with Gasteiger partial charge in [0.2, 0.25) is 0 Å². The third-order valence-corrected chi connectivity index (χ3v) is 5.96. The van der Waals surface area contributed by atoms with Gasteiger partial charge < -0.3 is 0 Å². The number of rotatable bonds is 5. The Labute approximate surface area is 178 Å². The second-order valence-electron chi connectivity index (χ2n) is 6.95. The number of pyridine rings is 2. The Morgan fingerprint density at radius 3 is 2.60 bits per heavy atom. The van der Waals surface area contributed by atoms with Crippen LogP contribution in [0.25, 0.3) is 28.0 Å². The highest BCUT2D eigenvalue weighted by Gasteiger charge is 2.18. The summed E-state index contributed by atoms with van der Waals surface area (Å²) < 4.78 is 2.12. The first-order valence-corrected chi connectivity index (χ1v) is 10.7. The molecule has 146 valence electrons. The minimum atomic E-state index is 0.755. The summed E-state index contributed by atoms with van der Waals surface area (Å²) in [4.78, 5) is 8.84. The van der Waals surface area contributed by atoms with Crippen molar-refractivity contribution in [3.8, 4) is 17.1 Å². The van der Waals surface area contributed by atoms with E-state index >= 15 is 0 Å². The van der Waals surface area contributed by atoms with E-state index in [4.69, 9.17) is 0 Å². The van der Waals surface area contributed by atoms with E-state index in [0.717, 1.165) is 44.5 Å². The molecule has 0 amide bonds. The third kappa shape index (κ3) is 3.46. The maximum atomic E-state index is 4.58. The summed E-state index contributed by atoms with van der Waals surface area (Å²) in [5, 5.41) is 11.0. The minimum absolute atomic E-state index is 0.755. The van der Waals surface area contributed by atoms with E-state index < -0.39 is 0 Å². The first-order valence-electron chi connectivity index (χ1n) is 9.68. The number of fused-ring (bicyclic) bond motifs is 1. The van der Waals surface area contributed by atoms with Gasteiger partial charge in [-0.1, -0.05) is 54.2 Å². The Balaban J connectivity index is 1.57. The largest absolute Gasteiger partial charge is 0.270 e. The maximum Gasteiger partial charge on any atom is 0.196 e. The van der Waals surface area contributed by atoms with Crippen molar-refractivity contribution in [2.45, 2.75) is 17.8 Å². The molecule has 30 heavy (non-hydrogen) atoms. The second-order valence-corrected chi connectivity index (χ2v) is 7.89. The predicted octanol–water partition coefficient (Wildman–Crippen LogP) is 5.48. The van der Waals surface area contributed by atoms with E-state index in [1.807, 2.05) is 42.7 Å². The average Bonchev–Trinajstić information content (AvgIpc) is 3.22. The van der Waals surface area contributed by atoms with Crippen molar-refractivity contribution < 1.29 is 0 Å². The van der Waals surface area contributed by atoms with Crippen molar-refractivity contribution in [2.75, 3.05) is 0 Å². The molecule has 0 atom stereocenters. The van der Waals surface area contributed by atoms with Crippen molar-refractivity contribution >= 4 is 22.7 Å². The quantitative estimate of drug-likeness (QED) is 0.360. The monoisotopic (exact) mass is 409 g/mol. The number of nitrogens with zero attached hydrogens (tertiary/aromatic N) is 5. The van der Waals surface area contributed by atoms with Gasteiger partial charge in [0, 0.05) is 35.3 Å². The molecule has 0 unspecified atom stereocenters. The summed E-state index contributed by atoms with van der Waals surface area (Å²) in [6.45, 7) is 2.10. The highest BCUT2D eigenvalue weighted by Crippen LogP contribution is 2.31. The fraction of sp³-hybridized carbons (Fsp3) is 0.0833. The fourth-order valence-electron chi connectivity index (χ4n) is 3.50. The van der Waals surface area contributed by atoms with Crippen molar-refractivity contribution in [3.05, 3.63) is 96.4 Å². The molecule has 0 saturated carbocycles. The second kappa shape index (κ2) is 8.08. The summed E-state index contributed by atoms with van der Waals surface area (Å²) >= 11 is 1.66. The molecule has 0 N–H and O–H groups in total. The third-order valence-electron chi connectivity index (χ3n) is 4.98. The summed E-state index contributed by atoms with van der Waals surface area (Å²) in [6, 6.07) is 22.6. The van der Waals surface area contributed by atoms with Gasteiger partial charge in [-0.05, 0) is 42.3 Å². The Kier molecular flexibility index (Phi) is 4.99. The Bertz CT molecular complexity index is 1310. The standard InChI is InChI=1S/C24H19N5S/c1-17-7-2-3-12-21(17)29-23(19-11-5-13-25-15-19)27-28-24(29)30-16-20-9-4-8-18-10-6-14-26-22(18)20/h2-15H,16H2,1H3. The van der Waals surface area contributed by atoms with Gasteiger partial charge >= 0.3 is 0 Å². The molecule has 5 rings (SSSR count). The lowest BCUT2D eigenvalue weighted by molar-refractivity contribution is 0.880. The summed E-state index contributed by atoms with van der Waals surface area (Å²) in [6.07, 6.45) is 5.43. The van der Waals surface area contributed by atoms with Crippen LogP contribution >= 0.6 is 11.8 Å². The van der Waals surface area contributed by atoms with Crippen LogP contribution in [0.1, 0.15) is 11.1 Å². The number of aromatic nitrogens is 5. The van der Waals surface area contributed by atoms with Crippen LogP contribution < -0.4 is 0 Å². The van der Waals surface area contributed by atoms with Crippen LogP contribution in [-0.4, -0.2) is 24.7 Å². The van der Waals surface area contributed by atoms with Gasteiger partial charge in [-0.25, -0.2) is 0 Å². The van der Waals surface area contributed by atoms with Crippen LogP contribution in [-0.2, 0) is 5.75 Å². The molecule has 0 saturated heterocycles. The van der Waals surface area contributed by atoms with Crippen molar-refractivity contribution in [1.82, 2.24) is 24.7 Å². The predicted molar refractivity (Wildman–Crippen MR) is 121 cm³/mol. The Morgan fingerprint density at radius 1 is 0.867 bits per heavy atom. The molecule has 2 aromatic carbocycles. The van der Waals surface area contributed by atoms with E-state index in [1.54, 1.807) is 18.0 Å². The van der Waals surface area contributed by atoms with Gasteiger partial charge in [0.25, 0.3) is 0 Å². The molecule has 3 aromatic heterocycles. The van der Waals surface area contributed by atoms with Gasteiger partial charge in [-0.3, -0.25) is 14.5 Å². The van der Waals surface area contributed by atoms with Crippen molar-refractivity contribution in [3.63, 3.8) is 0 Å². The molecule has 0 radical (unpaired) electrons. The zero-order valence-electron chi connectivity index (χ0n) is 16.4. The van der Waals surface area contributed by atoms with Crippen LogP contribution in [0.3, 0.4) is 0 Å². The van der Waals surface area contributed by atoms with Gasteiger partial charge in [0.15, 0.2) is 11.0 Å². The van der Waals surface area contributed by atoms with Crippen LogP contribution in [0.2, 0.25) is 0 Å². The van der Waals surface area contributed by atoms with Gasteiger partial charge in [-0.2, -0.15) is 0 Å². The molecule has 5 nitrogen and oxygen atoms in total. The Hall–Kier alpha value is -3.51. The number of benzene rings is 2. The van der Waals surface area contributed by atoms with Crippen LogP contribution in [0, 0.1) is 6.92 Å². The number of thioether (sulfide) groups is 1. The lowest BCUT2D eigenvalue weighted by Crippen LogP contribution is -2.02. The van der Waals surface area contributed by atoms with E-state index in [9.17, 15) is 0 Å². The first kappa shape index (κ1) is 18.5. The lowest BCUT2D eigenvalue weighted by Gasteiger charge is -2.13. The van der Waals surface area contributed by atoms with E-state index in [-0.39, 0.29) is 0 Å². The molecule has 0 spiro atoms. The SMILES string of the molecule is Cc1ccccc1-n1c(SCc2cccc3cccnc23)nnc1-c1cccnc1. The van der Waals surface area contributed by atoms with Gasteiger partial charge in [0.05, 0.1) is 11.2 Å². The van der Waals surface area contributed by atoms with Crippen LogP contribution in [0.4, 0.5) is 0 Å². The number of hydrogen-bond donors (Lipinski definition) is 0. The summed E-state index contributed by atoms with van der Waals surface area (Å²) in [5.41, 5.74) is 5.38. The molecule has 5 aromatic rings. The van der Waals surface area contributed by atoms with Gasteiger partial charge in [-0.15, -0.1) is 10.2 Å². The number of aryl methyl sites for hydroxylation is 1. The summed E-state index contributed by atoms with van der Waals surface area (Å²) in [5.74, 6) is 1.54.